The Kier molecular flexibility index (Phi) is 5.93. The summed E-state index contributed by atoms with van der Waals surface area (Å²) >= 11 is 0. The zero-order chi connectivity index (χ0) is 21.2. The van der Waals surface area contributed by atoms with E-state index in [1.54, 1.807) is 36.1 Å². The number of carbonyl (C=O) groups excluding carboxylic acids is 2. The lowest BCUT2D eigenvalue weighted by Gasteiger charge is -2.29. The third-order valence-electron chi connectivity index (χ3n) is 4.91. The molecule has 3 rings (SSSR count). The van der Waals surface area contributed by atoms with E-state index in [-0.39, 0.29) is 16.7 Å². The van der Waals surface area contributed by atoms with Gasteiger partial charge >= 0.3 is 0 Å². The van der Waals surface area contributed by atoms with E-state index in [4.69, 9.17) is 0 Å². The van der Waals surface area contributed by atoms with Crippen molar-refractivity contribution in [2.24, 2.45) is 0 Å². The molecular weight excluding hydrogens is 390 g/mol. The largest absolute Gasteiger partial charge is 0.338 e. The van der Waals surface area contributed by atoms with E-state index in [9.17, 15) is 18.0 Å². The molecule has 0 spiro atoms. The molecule has 2 aromatic rings. The second kappa shape index (κ2) is 8.24. The Bertz CT molecular complexity index is 1060. The summed E-state index contributed by atoms with van der Waals surface area (Å²) in [7, 11) is -3.79. The van der Waals surface area contributed by atoms with Crippen LogP contribution < -0.4 is 10.0 Å². The monoisotopic (exact) mass is 415 g/mol. The van der Waals surface area contributed by atoms with Gasteiger partial charge in [-0.05, 0) is 60.4 Å². The van der Waals surface area contributed by atoms with Crippen molar-refractivity contribution < 1.29 is 18.0 Å². The maximum absolute atomic E-state index is 12.9. The smallest absolute Gasteiger partial charge is 0.262 e. The first-order valence-corrected chi connectivity index (χ1v) is 11.0. The van der Waals surface area contributed by atoms with Crippen molar-refractivity contribution in [1.29, 1.82) is 0 Å². The normalized spacial score (nSPS) is 13.6. The van der Waals surface area contributed by atoms with Gasteiger partial charge in [0.2, 0.25) is 11.8 Å². The quantitative estimate of drug-likeness (QED) is 0.785. The van der Waals surface area contributed by atoms with E-state index in [0.717, 1.165) is 17.5 Å². The van der Waals surface area contributed by atoms with Crippen LogP contribution in [0.25, 0.3) is 0 Å². The maximum Gasteiger partial charge on any atom is 0.262 e. The van der Waals surface area contributed by atoms with E-state index in [1.807, 2.05) is 13.0 Å². The second-order valence-corrected chi connectivity index (χ2v) is 8.82. The summed E-state index contributed by atoms with van der Waals surface area (Å²) in [6, 6.07) is 10.1. The summed E-state index contributed by atoms with van der Waals surface area (Å²) in [6.07, 6.45) is 1.22. The fourth-order valence-electron chi connectivity index (χ4n) is 3.50. The van der Waals surface area contributed by atoms with Crippen LogP contribution in [0, 0.1) is 6.92 Å². The molecular formula is C21H25N3O4S. The number of amides is 2. The summed E-state index contributed by atoms with van der Waals surface area (Å²) < 4.78 is 28.4. The van der Waals surface area contributed by atoms with Crippen LogP contribution in [0.15, 0.2) is 41.3 Å². The van der Waals surface area contributed by atoms with E-state index in [0.29, 0.717) is 36.4 Å². The number of nitrogens with zero attached hydrogens (tertiary/aromatic N) is 1. The molecule has 1 heterocycles. The Morgan fingerprint density at radius 3 is 2.45 bits per heavy atom. The topological polar surface area (TPSA) is 95.6 Å². The number of benzene rings is 2. The van der Waals surface area contributed by atoms with Crippen molar-refractivity contribution in [2.75, 3.05) is 16.6 Å². The van der Waals surface area contributed by atoms with Gasteiger partial charge in [-0.3, -0.25) is 14.3 Å². The zero-order valence-corrected chi connectivity index (χ0v) is 17.6. The van der Waals surface area contributed by atoms with Crippen molar-refractivity contribution in [3.8, 4) is 0 Å². The first-order chi connectivity index (χ1) is 13.7. The molecule has 0 atom stereocenters. The maximum atomic E-state index is 12.9. The molecule has 1 aliphatic heterocycles. The van der Waals surface area contributed by atoms with Gasteiger partial charge in [-0.1, -0.05) is 13.0 Å². The minimum Gasteiger partial charge on any atom is -0.338 e. The van der Waals surface area contributed by atoms with E-state index in [2.05, 4.69) is 10.0 Å². The van der Waals surface area contributed by atoms with E-state index >= 15 is 0 Å². The Balaban J connectivity index is 1.83. The van der Waals surface area contributed by atoms with Crippen LogP contribution in [0.4, 0.5) is 11.4 Å². The third-order valence-corrected chi connectivity index (χ3v) is 6.45. The van der Waals surface area contributed by atoms with Crippen LogP contribution in [-0.2, 0) is 32.6 Å². The lowest BCUT2D eigenvalue weighted by Crippen LogP contribution is -2.35. The number of sulfonamides is 1. The molecule has 2 amide bonds. The van der Waals surface area contributed by atoms with Gasteiger partial charge in [-0.25, -0.2) is 8.42 Å². The van der Waals surface area contributed by atoms with Gasteiger partial charge in [0.25, 0.3) is 10.0 Å². The summed E-state index contributed by atoms with van der Waals surface area (Å²) in [5.74, 6) is -0.126. The summed E-state index contributed by atoms with van der Waals surface area (Å²) in [5, 5.41) is 2.64. The highest BCUT2D eigenvalue weighted by molar-refractivity contribution is 7.92. The highest BCUT2D eigenvalue weighted by atomic mass is 32.2. The number of fused-ring (bicyclic) bond motifs is 1. The Hall–Kier alpha value is -2.87. The van der Waals surface area contributed by atoms with Crippen LogP contribution >= 0.6 is 0 Å². The van der Waals surface area contributed by atoms with Crippen LogP contribution in [0.2, 0.25) is 0 Å². The van der Waals surface area contributed by atoms with E-state index in [1.165, 1.54) is 13.0 Å². The molecule has 0 radical (unpaired) electrons. The number of rotatable bonds is 5. The molecule has 0 fully saturated rings. The number of hydrogen-bond donors (Lipinski definition) is 2. The molecule has 0 bridgehead atoms. The lowest BCUT2D eigenvalue weighted by atomic mass is 9.99. The van der Waals surface area contributed by atoms with Gasteiger partial charge in [0.1, 0.15) is 0 Å². The molecule has 0 unspecified atom stereocenters. The molecule has 154 valence electrons. The average molecular weight is 416 g/mol. The Morgan fingerprint density at radius 1 is 1.07 bits per heavy atom. The summed E-state index contributed by atoms with van der Waals surface area (Å²) in [4.78, 5) is 25.1. The fourth-order valence-corrected chi connectivity index (χ4v) is 4.78. The summed E-state index contributed by atoms with van der Waals surface area (Å²) in [6.45, 7) is 6.09. The van der Waals surface area contributed by atoms with Gasteiger partial charge < -0.3 is 10.2 Å². The zero-order valence-electron chi connectivity index (χ0n) is 16.8. The molecule has 2 N–H and O–H groups in total. The van der Waals surface area contributed by atoms with Crippen molar-refractivity contribution in [3.05, 3.63) is 53.1 Å². The van der Waals surface area contributed by atoms with Crippen LogP contribution in [0.3, 0.4) is 0 Å². The van der Waals surface area contributed by atoms with Crippen molar-refractivity contribution >= 4 is 33.2 Å². The SMILES string of the molecule is CCC(=O)N1CCc2ccc(NS(=O)(=O)c3ccc(NC(C)=O)cc3C)cc2C1. The first kappa shape index (κ1) is 20.9. The predicted octanol–water partition coefficient (Wildman–Crippen LogP) is 3.05. The minimum absolute atomic E-state index is 0.0940. The number of nitrogens with one attached hydrogen (secondary N) is 2. The molecule has 0 saturated carbocycles. The first-order valence-electron chi connectivity index (χ1n) is 9.50. The van der Waals surface area contributed by atoms with Gasteiger partial charge in [-0.15, -0.1) is 0 Å². The molecule has 1 aliphatic rings. The number of hydrogen-bond acceptors (Lipinski definition) is 4. The van der Waals surface area contributed by atoms with Crippen LogP contribution in [0.1, 0.15) is 37.0 Å². The van der Waals surface area contributed by atoms with Gasteiger partial charge in [0, 0.05) is 37.8 Å². The van der Waals surface area contributed by atoms with Crippen molar-refractivity contribution in [2.45, 2.75) is 45.1 Å². The van der Waals surface area contributed by atoms with Crippen molar-refractivity contribution in [3.63, 3.8) is 0 Å². The number of anilines is 2. The molecule has 0 aliphatic carbocycles. The highest BCUT2D eigenvalue weighted by Crippen LogP contribution is 2.26. The minimum atomic E-state index is -3.79. The average Bonchev–Trinajstić information content (AvgIpc) is 2.65. The second-order valence-electron chi connectivity index (χ2n) is 7.17. The Labute approximate surface area is 171 Å². The Morgan fingerprint density at radius 2 is 1.79 bits per heavy atom. The van der Waals surface area contributed by atoms with Crippen LogP contribution in [0.5, 0.6) is 0 Å². The van der Waals surface area contributed by atoms with E-state index < -0.39 is 10.0 Å². The molecule has 8 heteroatoms. The predicted molar refractivity (Wildman–Crippen MR) is 112 cm³/mol. The molecule has 7 nitrogen and oxygen atoms in total. The highest BCUT2D eigenvalue weighted by Gasteiger charge is 2.22. The molecule has 29 heavy (non-hydrogen) atoms. The van der Waals surface area contributed by atoms with Crippen LogP contribution in [-0.4, -0.2) is 31.7 Å². The molecule has 0 aromatic heterocycles. The third kappa shape index (κ3) is 4.76. The van der Waals surface area contributed by atoms with Crippen molar-refractivity contribution in [1.82, 2.24) is 4.90 Å². The van der Waals surface area contributed by atoms with Gasteiger partial charge in [0.15, 0.2) is 0 Å². The lowest BCUT2D eigenvalue weighted by molar-refractivity contribution is -0.131. The summed E-state index contributed by atoms with van der Waals surface area (Å²) in [5.41, 5.74) is 3.62. The van der Waals surface area contributed by atoms with Gasteiger partial charge in [-0.2, -0.15) is 0 Å². The molecule has 2 aromatic carbocycles. The number of aryl methyl sites for hydroxylation is 1. The fraction of sp³-hybridized carbons (Fsp3) is 0.333. The van der Waals surface area contributed by atoms with Gasteiger partial charge in [0.05, 0.1) is 4.90 Å². The standard InChI is InChI=1S/C21H25N3O4S/c1-4-21(26)24-10-9-16-5-6-19(12-17(16)13-24)23-29(27,28)20-8-7-18(11-14(20)2)22-15(3)25/h5-8,11-12,23H,4,9-10,13H2,1-3H3,(H,22,25). The molecule has 0 saturated heterocycles. The number of carbonyl (C=O) groups is 2.